The van der Waals surface area contributed by atoms with Gasteiger partial charge >= 0.3 is 0 Å². The van der Waals surface area contributed by atoms with Gasteiger partial charge < -0.3 is 5.73 Å². The minimum absolute atomic E-state index is 0.158. The standard InChI is InChI=1S/C16H18FN/c1-16(12-18,14-7-3-2-4-8-14)11-13-6-5-9-15(17)10-13/h2-10H,11-12,18H2,1H3. The Morgan fingerprint density at radius 2 is 1.78 bits per heavy atom. The summed E-state index contributed by atoms with van der Waals surface area (Å²) >= 11 is 0. The van der Waals surface area contributed by atoms with Gasteiger partial charge in [0.15, 0.2) is 0 Å². The fourth-order valence-electron chi connectivity index (χ4n) is 2.23. The van der Waals surface area contributed by atoms with Crippen LogP contribution in [0, 0.1) is 5.82 Å². The molecule has 0 radical (unpaired) electrons. The van der Waals surface area contributed by atoms with E-state index in [-0.39, 0.29) is 11.2 Å². The van der Waals surface area contributed by atoms with Gasteiger partial charge in [0.25, 0.3) is 0 Å². The largest absolute Gasteiger partial charge is 0.330 e. The maximum Gasteiger partial charge on any atom is 0.123 e. The molecule has 2 heteroatoms. The van der Waals surface area contributed by atoms with Crippen LogP contribution in [0.15, 0.2) is 54.6 Å². The summed E-state index contributed by atoms with van der Waals surface area (Å²) in [5.41, 5.74) is 7.94. The molecule has 0 saturated carbocycles. The van der Waals surface area contributed by atoms with Crippen molar-refractivity contribution in [1.29, 1.82) is 0 Å². The number of halogens is 1. The first-order chi connectivity index (χ1) is 8.64. The number of rotatable bonds is 4. The Bertz CT molecular complexity index is 510. The second kappa shape index (κ2) is 5.32. The lowest BCUT2D eigenvalue weighted by atomic mass is 9.77. The maximum absolute atomic E-state index is 13.2. The van der Waals surface area contributed by atoms with Crippen molar-refractivity contribution in [2.45, 2.75) is 18.8 Å². The first-order valence-corrected chi connectivity index (χ1v) is 6.14. The van der Waals surface area contributed by atoms with E-state index in [0.717, 1.165) is 12.0 Å². The topological polar surface area (TPSA) is 26.0 Å². The molecule has 0 fully saturated rings. The highest BCUT2D eigenvalue weighted by Gasteiger charge is 2.25. The average Bonchev–Trinajstić information content (AvgIpc) is 2.39. The summed E-state index contributed by atoms with van der Waals surface area (Å²) in [6, 6.07) is 16.9. The highest BCUT2D eigenvalue weighted by Crippen LogP contribution is 2.27. The molecule has 0 aliphatic rings. The van der Waals surface area contributed by atoms with Gasteiger partial charge in [-0.2, -0.15) is 0 Å². The van der Waals surface area contributed by atoms with Gasteiger partial charge in [0.05, 0.1) is 0 Å². The van der Waals surface area contributed by atoms with Gasteiger partial charge in [-0.1, -0.05) is 49.4 Å². The van der Waals surface area contributed by atoms with Gasteiger partial charge in [-0.05, 0) is 29.7 Å². The molecule has 0 aliphatic carbocycles. The van der Waals surface area contributed by atoms with E-state index in [1.165, 1.54) is 11.6 Å². The first kappa shape index (κ1) is 12.8. The molecule has 2 rings (SSSR count). The summed E-state index contributed by atoms with van der Waals surface area (Å²) < 4.78 is 13.2. The third-order valence-corrected chi connectivity index (χ3v) is 3.40. The summed E-state index contributed by atoms with van der Waals surface area (Å²) in [5.74, 6) is -0.195. The van der Waals surface area contributed by atoms with E-state index in [1.54, 1.807) is 12.1 Å². The molecule has 1 atom stereocenters. The van der Waals surface area contributed by atoms with Gasteiger partial charge in [-0.25, -0.2) is 4.39 Å². The lowest BCUT2D eigenvalue weighted by Crippen LogP contribution is -2.34. The van der Waals surface area contributed by atoms with Gasteiger partial charge in [-0.15, -0.1) is 0 Å². The predicted octanol–water partition coefficient (Wildman–Crippen LogP) is 3.28. The van der Waals surface area contributed by atoms with E-state index in [2.05, 4.69) is 19.1 Å². The molecule has 18 heavy (non-hydrogen) atoms. The van der Waals surface area contributed by atoms with Crippen LogP contribution < -0.4 is 5.73 Å². The Hall–Kier alpha value is -1.67. The summed E-state index contributed by atoms with van der Waals surface area (Å²) in [4.78, 5) is 0. The number of benzene rings is 2. The van der Waals surface area contributed by atoms with Gasteiger partial charge in [0.1, 0.15) is 5.82 Å². The van der Waals surface area contributed by atoms with Crippen molar-refractivity contribution in [2.75, 3.05) is 6.54 Å². The average molecular weight is 243 g/mol. The van der Waals surface area contributed by atoms with Crippen LogP contribution in [0.4, 0.5) is 4.39 Å². The molecule has 1 nitrogen and oxygen atoms in total. The van der Waals surface area contributed by atoms with Crippen LogP contribution >= 0.6 is 0 Å². The molecule has 0 spiro atoms. The summed E-state index contributed by atoms with van der Waals surface area (Å²) in [6.07, 6.45) is 0.741. The van der Waals surface area contributed by atoms with Gasteiger partial charge in [0, 0.05) is 12.0 Å². The van der Waals surface area contributed by atoms with Crippen LogP contribution in [0.3, 0.4) is 0 Å². The van der Waals surface area contributed by atoms with Crippen LogP contribution in [0.5, 0.6) is 0 Å². The SMILES string of the molecule is CC(CN)(Cc1cccc(F)c1)c1ccccc1. The second-order valence-electron chi connectivity index (χ2n) is 4.94. The summed E-state index contributed by atoms with van der Waals surface area (Å²) in [6.45, 7) is 2.65. The molecule has 0 bridgehead atoms. The second-order valence-corrected chi connectivity index (χ2v) is 4.94. The molecule has 0 saturated heterocycles. The third-order valence-electron chi connectivity index (χ3n) is 3.40. The molecule has 2 aromatic carbocycles. The molecular formula is C16H18FN. The Labute approximate surface area is 107 Å². The van der Waals surface area contributed by atoms with E-state index in [0.29, 0.717) is 6.54 Å². The van der Waals surface area contributed by atoms with E-state index in [4.69, 9.17) is 5.73 Å². The lowest BCUT2D eigenvalue weighted by Gasteiger charge is -2.29. The van der Waals surface area contributed by atoms with Crippen molar-refractivity contribution in [2.24, 2.45) is 5.73 Å². The fraction of sp³-hybridized carbons (Fsp3) is 0.250. The maximum atomic E-state index is 13.2. The molecule has 2 N–H and O–H groups in total. The normalized spacial score (nSPS) is 14.2. The fourth-order valence-corrected chi connectivity index (χ4v) is 2.23. The minimum atomic E-state index is -0.195. The van der Waals surface area contributed by atoms with Gasteiger partial charge in [0.2, 0.25) is 0 Å². The highest BCUT2D eigenvalue weighted by atomic mass is 19.1. The van der Waals surface area contributed by atoms with Crippen molar-refractivity contribution < 1.29 is 4.39 Å². The number of hydrogen-bond acceptors (Lipinski definition) is 1. The Morgan fingerprint density at radius 3 is 2.39 bits per heavy atom. The monoisotopic (exact) mass is 243 g/mol. The summed E-state index contributed by atoms with van der Waals surface area (Å²) in [7, 11) is 0. The van der Waals surface area contributed by atoms with Crippen molar-refractivity contribution in [3.05, 3.63) is 71.5 Å². The van der Waals surface area contributed by atoms with Gasteiger partial charge in [-0.3, -0.25) is 0 Å². The first-order valence-electron chi connectivity index (χ1n) is 6.14. The van der Waals surface area contributed by atoms with Crippen molar-refractivity contribution in [1.82, 2.24) is 0 Å². The molecule has 0 amide bonds. The number of nitrogens with two attached hydrogens (primary N) is 1. The van der Waals surface area contributed by atoms with E-state index in [9.17, 15) is 4.39 Å². The van der Waals surface area contributed by atoms with E-state index in [1.807, 2.05) is 24.3 Å². The van der Waals surface area contributed by atoms with Crippen LogP contribution in [-0.2, 0) is 11.8 Å². The summed E-state index contributed by atoms with van der Waals surface area (Å²) in [5, 5.41) is 0. The smallest absolute Gasteiger partial charge is 0.123 e. The Morgan fingerprint density at radius 1 is 1.06 bits per heavy atom. The van der Waals surface area contributed by atoms with E-state index >= 15 is 0 Å². The van der Waals surface area contributed by atoms with Crippen LogP contribution in [0.2, 0.25) is 0 Å². The highest BCUT2D eigenvalue weighted by molar-refractivity contribution is 5.29. The van der Waals surface area contributed by atoms with Crippen molar-refractivity contribution in [3.8, 4) is 0 Å². The predicted molar refractivity (Wildman–Crippen MR) is 73.0 cm³/mol. The molecule has 0 aliphatic heterocycles. The molecular weight excluding hydrogens is 225 g/mol. The quantitative estimate of drug-likeness (QED) is 0.876. The van der Waals surface area contributed by atoms with Crippen molar-refractivity contribution in [3.63, 3.8) is 0 Å². The lowest BCUT2D eigenvalue weighted by molar-refractivity contribution is 0.479. The number of hydrogen-bond donors (Lipinski definition) is 1. The van der Waals surface area contributed by atoms with Crippen LogP contribution in [-0.4, -0.2) is 6.54 Å². The van der Waals surface area contributed by atoms with E-state index < -0.39 is 0 Å². The minimum Gasteiger partial charge on any atom is -0.330 e. The third kappa shape index (κ3) is 2.77. The van der Waals surface area contributed by atoms with Crippen LogP contribution in [0.25, 0.3) is 0 Å². The molecule has 0 aromatic heterocycles. The zero-order valence-corrected chi connectivity index (χ0v) is 10.6. The molecule has 1 unspecified atom stereocenters. The zero-order valence-electron chi connectivity index (χ0n) is 10.6. The molecule has 0 heterocycles. The van der Waals surface area contributed by atoms with Crippen molar-refractivity contribution >= 4 is 0 Å². The zero-order chi connectivity index (χ0) is 13.0. The molecule has 2 aromatic rings. The molecule has 94 valence electrons. The van der Waals surface area contributed by atoms with Crippen LogP contribution in [0.1, 0.15) is 18.1 Å². The Balaban J connectivity index is 2.29. The Kier molecular flexibility index (Phi) is 3.78.